The first kappa shape index (κ1) is 29.8. The van der Waals surface area contributed by atoms with Gasteiger partial charge in [-0.1, -0.05) is 0 Å². The Labute approximate surface area is 208 Å². The minimum absolute atomic E-state index is 0.116. The predicted molar refractivity (Wildman–Crippen MR) is 130 cm³/mol. The molecule has 1 unspecified atom stereocenters. The van der Waals surface area contributed by atoms with E-state index in [0.717, 1.165) is 0 Å². The molecule has 0 aliphatic carbocycles. The minimum atomic E-state index is -1.12. The van der Waals surface area contributed by atoms with E-state index in [2.05, 4.69) is 23.3 Å². The van der Waals surface area contributed by atoms with Crippen molar-refractivity contribution in [2.24, 2.45) is 11.7 Å². The Balaban J connectivity index is 3.00. The number of Topliss-reactive ketones (excluding diaryl/α,β-unsaturated/α-hetero) is 1. The molecule has 0 radical (unpaired) electrons. The van der Waals surface area contributed by atoms with Crippen LogP contribution in [0.4, 0.5) is 0 Å². The molecular formula is C21H34N4O7S2. The second kappa shape index (κ2) is 14.9. The largest absolute Gasteiger partial charge is 0.481 e. The van der Waals surface area contributed by atoms with Gasteiger partial charge < -0.3 is 26.4 Å². The first-order valence-corrected chi connectivity index (χ1v) is 13.1. The lowest BCUT2D eigenvalue weighted by Gasteiger charge is -2.30. The highest BCUT2D eigenvalue weighted by atomic mass is 32.2. The molecule has 0 aromatic rings. The maximum atomic E-state index is 13.4. The molecule has 13 heteroatoms. The normalized spacial score (nSPS) is 18.0. The van der Waals surface area contributed by atoms with E-state index in [4.69, 9.17) is 10.8 Å². The van der Waals surface area contributed by atoms with Gasteiger partial charge in [-0.2, -0.15) is 24.4 Å². The van der Waals surface area contributed by atoms with E-state index in [1.165, 1.54) is 23.6 Å². The molecule has 0 bridgehead atoms. The maximum Gasteiger partial charge on any atom is 0.303 e. The number of primary amides is 1. The average Bonchev–Trinajstić information content (AvgIpc) is 3.26. The lowest BCUT2D eigenvalue weighted by atomic mass is 9.97. The van der Waals surface area contributed by atoms with Crippen molar-refractivity contribution in [2.45, 2.75) is 63.6 Å². The van der Waals surface area contributed by atoms with E-state index in [9.17, 15) is 28.8 Å². The number of hydrogen-bond donors (Lipinski definition) is 5. The zero-order valence-electron chi connectivity index (χ0n) is 19.5. The molecule has 4 amide bonds. The Morgan fingerprint density at radius 2 is 1.82 bits per heavy atom. The topological polar surface area (TPSA) is 176 Å². The number of nitrogens with two attached hydrogens (primary N) is 1. The van der Waals surface area contributed by atoms with E-state index < -0.39 is 53.6 Å². The predicted octanol–water partition coefficient (Wildman–Crippen LogP) is -0.425. The number of thiol groups is 1. The van der Waals surface area contributed by atoms with Crippen LogP contribution in [0.5, 0.6) is 0 Å². The summed E-state index contributed by atoms with van der Waals surface area (Å²) in [5.74, 6) is -3.69. The van der Waals surface area contributed by atoms with Gasteiger partial charge in [-0.15, -0.1) is 0 Å². The first-order valence-electron chi connectivity index (χ1n) is 11.0. The molecule has 0 aromatic heterocycles. The zero-order chi connectivity index (χ0) is 25.8. The molecule has 1 aliphatic rings. The van der Waals surface area contributed by atoms with Crippen molar-refractivity contribution in [3.8, 4) is 0 Å². The highest BCUT2D eigenvalue weighted by Crippen LogP contribution is 2.23. The van der Waals surface area contributed by atoms with Gasteiger partial charge in [0, 0.05) is 32.1 Å². The summed E-state index contributed by atoms with van der Waals surface area (Å²) >= 11 is 5.54. The number of carboxylic acid groups (broad SMARTS) is 1. The number of carbonyl (C=O) groups is 6. The lowest BCUT2D eigenvalue weighted by molar-refractivity contribution is -0.142. The van der Waals surface area contributed by atoms with Crippen LogP contribution >= 0.6 is 24.4 Å². The Morgan fingerprint density at radius 1 is 1.15 bits per heavy atom. The second-order valence-electron chi connectivity index (χ2n) is 8.17. The van der Waals surface area contributed by atoms with Crippen LogP contribution in [0.25, 0.3) is 0 Å². The summed E-state index contributed by atoms with van der Waals surface area (Å²) in [4.78, 5) is 74.4. The number of aliphatic carboxylic acids is 1. The molecular weight excluding hydrogens is 484 g/mol. The second-order valence-corrected chi connectivity index (χ2v) is 9.52. The zero-order valence-corrected chi connectivity index (χ0v) is 21.2. The molecule has 1 rings (SSSR count). The van der Waals surface area contributed by atoms with E-state index in [1.54, 1.807) is 0 Å². The fourth-order valence-electron chi connectivity index (χ4n) is 3.75. The standard InChI is InChI=1S/C21H34N4O7S2/c1-12(26)23-14(5-6-18(28)29)20(31)24-15(7-9-34-2)21(32)25-8-3-4-16(25)17(27)10-13(11-33)19(22)30/h13-16,33H,3-11H2,1-2H3,(H2,22,30)(H,23,26)(H,24,31)(H,28,29)/t13-,14+,15+,16?/m1/s1. The third-order valence-corrected chi connectivity index (χ3v) is 6.63. The fourth-order valence-corrected chi connectivity index (χ4v) is 4.53. The lowest BCUT2D eigenvalue weighted by Crippen LogP contribution is -2.56. The summed E-state index contributed by atoms with van der Waals surface area (Å²) in [6.45, 7) is 1.54. The summed E-state index contributed by atoms with van der Waals surface area (Å²) in [7, 11) is 0. The average molecular weight is 519 g/mol. The number of nitrogens with zero attached hydrogens (tertiary/aromatic N) is 1. The molecule has 1 aliphatic heterocycles. The van der Waals surface area contributed by atoms with E-state index in [1.807, 2.05) is 6.26 Å². The summed E-state index contributed by atoms with van der Waals surface area (Å²) in [5.41, 5.74) is 5.32. The van der Waals surface area contributed by atoms with Crippen LogP contribution < -0.4 is 16.4 Å². The van der Waals surface area contributed by atoms with Crippen molar-refractivity contribution in [3.05, 3.63) is 0 Å². The van der Waals surface area contributed by atoms with Gasteiger partial charge in [-0.05, 0) is 37.7 Å². The van der Waals surface area contributed by atoms with Crippen LogP contribution in [-0.4, -0.2) is 87.8 Å². The number of ketones is 1. The van der Waals surface area contributed by atoms with Crippen LogP contribution in [-0.2, 0) is 28.8 Å². The van der Waals surface area contributed by atoms with Crippen LogP contribution in [0, 0.1) is 5.92 Å². The molecule has 0 aromatic carbocycles. The number of nitrogens with one attached hydrogen (secondary N) is 2. The molecule has 1 heterocycles. The number of amides is 4. The van der Waals surface area contributed by atoms with E-state index in [-0.39, 0.29) is 37.2 Å². The molecule has 34 heavy (non-hydrogen) atoms. The van der Waals surface area contributed by atoms with Crippen molar-refractivity contribution in [2.75, 3.05) is 24.3 Å². The molecule has 0 saturated carbocycles. The van der Waals surface area contributed by atoms with Gasteiger partial charge in [0.2, 0.25) is 23.6 Å². The molecule has 192 valence electrons. The van der Waals surface area contributed by atoms with Crippen LogP contribution in [0.2, 0.25) is 0 Å². The van der Waals surface area contributed by atoms with Crippen LogP contribution in [0.15, 0.2) is 0 Å². The Morgan fingerprint density at radius 3 is 2.35 bits per heavy atom. The van der Waals surface area contributed by atoms with Crippen molar-refractivity contribution >= 4 is 59.8 Å². The number of carbonyl (C=O) groups excluding carboxylic acids is 5. The fraction of sp³-hybridized carbons (Fsp3) is 0.714. The van der Waals surface area contributed by atoms with E-state index >= 15 is 0 Å². The molecule has 1 fully saturated rings. The molecule has 0 spiro atoms. The summed E-state index contributed by atoms with van der Waals surface area (Å²) in [6, 6.07) is -2.78. The van der Waals surface area contributed by atoms with Gasteiger partial charge in [-0.3, -0.25) is 28.8 Å². The maximum absolute atomic E-state index is 13.4. The highest BCUT2D eigenvalue weighted by Gasteiger charge is 2.38. The molecule has 4 atom stereocenters. The van der Waals surface area contributed by atoms with Crippen LogP contribution in [0.3, 0.4) is 0 Å². The quantitative estimate of drug-likeness (QED) is 0.181. The third-order valence-electron chi connectivity index (χ3n) is 5.54. The molecule has 11 nitrogen and oxygen atoms in total. The van der Waals surface area contributed by atoms with Crippen molar-refractivity contribution in [3.63, 3.8) is 0 Å². The van der Waals surface area contributed by atoms with Crippen LogP contribution in [0.1, 0.15) is 45.4 Å². The van der Waals surface area contributed by atoms with Gasteiger partial charge in [-0.25, -0.2) is 0 Å². The van der Waals surface area contributed by atoms with Crippen molar-refractivity contribution < 1.29 is 33.9 Å². The third kappa shape index (κ3) is 9.53. The summed E-state index contributed by atoms with van der Waals surface area (Å²) < 4.78 is 0. The molecule has 1 saturated heterocycles. The van der Waals surface area contributed by atoms with Gasteiger partial charge >= 0.3 is 5.97 Å². The summed E-state index contributed by atoms with van der Waals surface area (Å²) in [6.07, 6.45) is 2.59. The van der Waals surface area contributed by atoms with Crippen molar-refractivity contribution in [1.82, 2.24) is 15.5 Å². The number of hydrogen-bond acceptors (Lipinski definition) is 8. The van der Waals surface area contributed by atoms with Gasteiger partial charge in [0.1, 0.15) is 12.1 Å². The number of rotatable bonds is 15. The highest BCUT2D eigenvalue weighted by molar-refractivity contribution is 7.98. The van der Waals surface area contributed by atoms with Gasteiger partial charge in [0.25, 0.3) is 0 Å². The van der Waals surface area contributed by atoms with E-state index in [0.29, 0.717) is 25.1 Å². The molecule has 5 N–H and O–H groups in total. The Hall–Kier alpha value is -2.28. The monoisotopic (exact) mass is 518 g/mol. The Kier molecular flexibility index (Phi) is 13.0. The number of carboxylic acids is 1. The van der Waals surface area contributed by atoms with Crippen molar-refractivity contribution in [1.29, 1.82) is 0 Å². The number of likely N-dealkylation sites (tertiary alicyclic amines) is 1. The SMILES string of the molecule is CSCC[C@H](NC(=O)[C@H](CCC(=O)O)NC(C)=O)C(=O)N1CCCC1C(=O)C[C@H](CS)C(N)=O. The van der Waals surface area contributed by atoms with Gasteiger partial charge in [0.15, 0.2) is 5.78 Å². The minimum Gasteiger partial charge on any atom is -0.481 e. The van der Waals surface area contributed by atoms with Gasteiger partial charge in [0.05, 0.1) is 12.0 Å². The first-order chi connectivity index (χ1) is 16.0. The smallest absolute Gasteiger partial charge is 0.303 e. The Bertz CT molecular complexity index is 780. The number of thioether (sulfide) groups is 1. The summed E-state index contributed by atoms with van der Waals surface area (Å²) in [5, 5.41) is 14.0.